The summed E-state index contributed by atoms with van der Waals surface area (Å²) < 4.78 is 15.6. The number of carbonyl (C=O) groups excluding carboxylic acids is 1. The van der Waals surface area contributed by atoms with E-state index in [0.29, 0.717) is 28.6 Å². The molecule has 0 spiro atoms. The molecule has 0 amide bonds. The number of benzene rings is 2. The minimum atomic E-state index is -0.0892. The van der Waals surface area contributed by atoms with Gasteiger partial charge in [0, 0.05) is 12.5 Å². The van der Waals surface area contributed by atoms with Crippen molar-refractivity contribution in [1.82, 2.24) is 0 Å². The van der Waals surface area contributed by atoms with Gasteiger partial charge in [-0.15, -0.1) is 0 Å². The lowest BCUT2D eigenvalue weighted by atomic mass is 10.0. The first-order valence-corrected chi connectivity index (χ1v) is 5.62. The van der Waals surface area contributed by atoms with Crippen LogP contribution in [0.2, 0.25) is 0 Å². The Bertz CT molecular complexity index is 606. The van der Waals surface area contributed by atoms with Crippen molar-refractivity contribution >= 4 is 17.1 Å². The van der Waals surface area contributed by atoms with E-state index in [2.05, 4.69) is 0 Å². The summed E-state index contributed by atoms with van der Waals surface area (Å²) in [5.41, 5.74) is 0.174. The summed E-state index contributed by atoms with van der Waals surface area (Å²) >= 11 is 0. The average Bonchev–Trinajstić information content (AvgIpc) is 2.45. The smallest absolute Gasteiger partial charge is 0.188 e. The predicted octanol–water partition coefficient (Wildman–Crippen LogP) is 2.35. The largest absolute Gasteiger partial charge is 0.507 e. The van der Waals surface area contributed by atoms with Crippen molar-refractivity contribution in [3.63, 3.8) is 0 Å². The number of ether oxygens (including phenoxy) is 3. The van der Waals surface area contributed by atoms with E-state index in [0.717, 1.165) is 0 Å². The molecule has 100 valence electrons. The van der Waals surface area contributed by atoms with Gasteiger partial charge in [0.25, 0.3) is 0 Å². The normalized spacial score (nSPS) is 10.4. The zero-order chi connectivity index (χ0) is 13.8. The van der Waals surface area contributed by atoms with Crippen LogP contribution >= 0.6 is 0 Å². The first kappa shape index (κ1) is 13.2. The number of hydrogen-bond donors (Lipinski definition) is 1. The molecule has 0 atom stereocenters. The molecule has 19 heavy (non-hydrogen) atoms. The molecule has 1 N–H and O–H groups in total. The van der Waals surface area contributed by atoms with Gasteiger partial charge in [0.05, 0.1) is 18.1 Å². The van der Waals surface area contributed by atoms with Gasteiger partial charge in [-0.2, -0.15) is 0 Å². The molecule has 0 aliphatic rings. The van der Waals surface area contributed by atoms with Gasteiger partial charge in [-0.25, -0.2) is 0 Å². The second kappa shape index (κ2) is 5.58. The number of phenolic OH excluding ortho intramolecular Hbond substituents is 1. The van der Waals surface area contributed by atoms with Crippen LogP contribution in [0.4, 0.5) is 0 Å². The maximum atomic E-state index is 10.9. The Hall–Kier alpha value is -2.27. The molecule has 2 aromatic carbocycles. The summed E-state index contributed by atoms with van der Waals surface area (Å²) in [6.07, 6.45) is 0.583. The van der Waals surface area contributed by atoms with Crippen LogP contribution in [-0.2, 0) is 4.74 Å². The van der Waals surface area contributed by atoms with Crippen LogP contribution in [0.25, 0.3) is 10.8 Å². The molecule has 0 saturated heterocycles. The van der Waals surface area contributed by atoms with Crippen molar-refractivity contribution in [2.75, 3.05) is 21.0 Å². The third-order valence-corrected chi connectivity index (χ3v) is 2.77. The SMILES string of the molecule is COCOc1cccc2c(O)c(C=O)cc(OC)c12. The van der Waals surface area contributed by atoms with E-state index in [1.807, 2.05) is 0 Å². The Balaban J connectivity index is 2.73. The fraction of sp³-hybridized carbons (Fsp3) is 0.214. The molecular formula is C14H14O5. The van der Waals surface area contributed by atoms with Crippen molar-refractivity contribution in [1.29, 1.82) is 0 Å². The third-order valence-electron chi connectivity index (χ3n) is 2.77. The van der Waals surface area contributed by atoms with Gasteiger partial charge in [-0.3, -0.25) is 4.79 Å². The lowest BCUT2D eigenvalue weighted by molar-refractivity contribution is 0.0521. The van der Waals surface area contributed by atoms with Crippen LogP contribution in [0.1, 0.15) is 10.4 Å². The van der Waals surface area contributed by atoms with E-state index in [9.17, 15) is 9.90 Å². The number of fused-ring (bicyclic) bond motifs is 1. The molecule has 5 heteroatoms. The van der Waals surface area contributed by atoms with Crippen LogP contribution in [0.5, 0.6) is 17.2 Å². The molecule has 2 rings (SSSR count). The topological polar surface area (TPSA) is 65.0 Å². The summed E-state index contributed by atoms with van der Waals surface area (Å²) in [4.78, 5) is 10.9. The molecule has 0 bridgehead atoms. The number of phenols is 1. The van der Waals surface area contributed by atoms with E-state index >= 15 is 0 Å². The molecule has 0 aliphatic heterocycles. The maximum Gasteiger partial charge on any atom is 0.188 e. The summed E-state index contributed by atoms with van der Waals surface area (Å²) in [5, 5.41) is 11.1. The van der Waals surface area contributed by atoms with E-state index < -0.39 is 0 Å². The van der Waals surface area contributed by atoms with Gasteiger partial charge >= 0.3 is 0 Å². The van der Waals surface area contributed by atoms with Crippen LogP contribution in [0.15, 0.2) is 24.3 Å². The molecule has 0 saturated carbocycles. The van der Waals surface area contributed by atoms with Crippen LogP contribution in [0, 0.1) is 0 Å². The maximum absolute atomic E-state index is 10.9. The highest BCUT2D eigenvalue weighted by atomic mass is 16.7. The Morgan fingerprint density at radius 1 is 1.26 bits per heavy atom. The second-order valence-electron chi connectivity index (χ2n) is 3.86. The molecule has 0 aliphatic carbocycles. The highest BCUT2D eigenvalue weighted by Crippen LogP contribution is 2.40. The van der Waals surface area contributed by atoms with Crippen LogP contribution in [0.3, 0.4) is 0 Å². The van der Waals surface area contributed by atoms with E-state index in [1.165, 1.54) is 20.3 Å². The molecule has 0 unspecified atom stereocenters. The zero-order valence-electron chi connectivity index (χ0n) is 10.7. The quantitative estimate of drug-likeness (QED) is 0.662. The van der Waals surface area contributed by atoms with Gasteiger partial charge in [-0.05, 0) is 12.1 Å². The fourth-order valence-corrected chi connectivity index (χ4v) is 1.91. The summed E-state index contributed by atoms with van der Waals surface area (Å²) in [5.74, 6) is 0.888. The Morgan fingerprint density at radius 3 is 2.68 bits per heavy atom. The molecule has 2 aromatic rings. The first-order valence-electron chi connectivity index (χ1n) is 5.62. The highest BCUT2D eigenvalue weighted by Gasteiger charge is 2.15. The third kappa shape index (κ3) is 2.32. The summed E-state index contributed by atoms with van der Waals surface area (Å²) in [7, 11) is 3.01. The van der Waals surface area contributed by atoms with Crippen LogP contribution < -0.4 is 9.47 Å². The van der Waals surface area contributed by atoms with Crippen molar-refractivity contribution in [3.8, 4) is 17.2 Å². The van der Waals surface area contributed by atoms with Gasteiger partial charge in [-0.1, -0.05) is 12.1 Å². The predicted molar refractivity (Wildman–Crippen MR) is 70.1 cm³/mol. The Labute approximate surface area is 110 Å². The number of aldehydes is 1. The van der Waals surface area contributed by atoms with Gasteiger partial charge in [0.2, 0.25) is 0 Å². The highest BCUT2D eigenvalue weighted by molar-refractivity contribution is 6.02. The van der Waals surface area contributed by atoms with E-state index in [-0.39, 0.29) is 18.1 Å². The van der Waals surface area contributed by atoms with Gasteiger partial charge in [0.1, 0.15) is 17.2 Å². The van der Waals surface area contributed by atoms with Crippen LogP contribution in [-0.4, -0.2) is 32.4 Å². The minimum Gasteiger partial charge on any atom is -0.507 e. The second-order valence-corrected chi connectivity index (χ2v) is 3.86. The number of carbonyl (C=O) groups is 1. The number of aromatic hydroxyl groups is 1. The van der Waals surface area contributed by atoms with Crippen molar-refractivity contribution in [2.24, 2.45) is 0 Å². The number of methoxy groups -OCH3 is 2. The Kier molecular flexibility index (Phi) is 3.87. The fourth-order valence-electron chi connectivity index (χ4n) is 1.91. The first-order chi connectivity index (χ1) is 9.22. The molecule has 0 aromatic heterocycles. The van der Waals surface area contributed by atoms with E-state index in [1.54, 1.807) is 18.2 Å². The molecule has 0 fully saturated rings. The van der Waals surface area contributed by atoms with Crippen molar-refractivity contribution in [3.05, 3.63) is 29.8 Å². The van der Waals surface area contributed by atoms with Crippen molar-refractivity contribution in [2.45, 2.75) is 0 Å². The van der Waals surface area contributed by atoms with Crippen molar-refractivity contribution < 1.29 is 24.1 Å². The van der Waals surface area contributed by atoms with Gasteiger partial charge in [0.15, 0.2) is 13.1 Å². The molecular weight excluding hydrogens is 248 g/mol. The molecule has 0 radical (unpaired) electrons. The lowest BCUT2D eigenvalue weighted by Gasteiger charge is -2.13. The van der Waals surface area contributed by atoms with E-state index in [4.69, 9.17) is 14.2 Å². The summed E-state index contributed by atoms with van der Waals surface area (Å²) in [6, 6.07) is 6.63. The number of rotatable bonds is 5. The van der Waals surface area contributed by atoms with Gasteiger partial charge < -0.3 is 19.3 Å². The monoisotopic (exact) mass is 262 g/mol. The molecule has 0 heterocycles. The molecule has 5 nitrogen and oxygen atoms in total. The summed E-state index contributed by atoms with van der Waals surface area (Å²) in [6.45, 7) is 0.0818. The minimum absolute atomic E-state index is 0.0818. The zero-order valence-corrected chi connectivity index (χ0v) is 10.7. The number of hydrogen-bond acceptors (Lipinski definition) is 5. The average molecular weight is 262 g/mol. The Morgan fingerprint density at radius 2 is 2.05 bits per heavy atom. The lowest BCUT2D eigenvalue weighted by Crippen LogP contribution is -2.00. The standard InChI is InChI=1S/C14H14O5/c1-17-8-19-11-5-3-4-10-13(11)12(18-2)6-9(7-15)14(10)16/h3-7,16H,8H2,1-2H3.